The van der Waals surface area contributed by atoms with Gasteiger partial charge in [-0.25, -0.2) is 12.8 Å². The molecule has 1 N–H and O–H groups in total. The number of nitrogens with one attached hydrogen (secondary N) is 1. The minimum Gasteiger partial charge on any atom is -0.354 e. The van der Waals surface area contributed by atoms with Crippen LogP contribution in [-0.2, 0) is 26.0 Å². The maximum atomic E-state index is 14.3. The third-order valence-corrected chi connectivity index (χ3v) is 6.87. The minimum absolute atomic E-state index is 0.0345. The van der Waals surface area contributed by atoms with E-state index in [2.05, 4.69) is 5.32 Å². The van der Waals surface area contributed by atoms with Gasteiger partial charge in [0.1, 0.15) is 11.9 Å². The smallest absolute Gasteiger partial charge is 0.242 e. The second-order valence-corrected chi connectivity index (χ2v) is 10.3. The molecule has 0 unspecified atom stereocenters. The summed E-state index contributed by atoms with van der Waals surface area (Å²) in [6.07, 6.45) is 3.08. The van der Waals surface area contributed by atoms with Gasteiger partial charge in [-0.3, -0.25) is 13.9 Å². The van der Waals surface area contributed by atoms with Crippen LogP contribution < -0.4 is 9.62 Å². The minimum atomic E-state index is -3.75. The second kappa shape index (κ2) is 13.8. The molecule has 0 aliphatic heterocycles. The van der Waals surface area contributed by atoms with E-state index in [1.807, 2.05) is 44.2 Å². The van der Waals surface area contributed by atoms with Gasteiger partial charge in [0.25, 0.3) is 0 Å². The maximum Gasteiger partial charge on any atom is 0.242 e. The summed E-state index contributed by atoms with van der Waals surface area (Å²) in [5.41, 5.74) is 1.01. The normalized spacial score (nSPS) is 12.1. The standard InChI is InChI=1S/C26H36FN3O4S/c1-4-18-28-26(32)23(5-2)29(20-17-21-12-7-6-8-13-21)25(31)16-11-19-30(35(3,33)34)24-15-10-9-14-22(24)27/h6-10,12-15,23H,4-5,11,16-20H2,1-3H3,(H,28,32)/t23-/m0/s1. The molecule has 0 aliphatic carbocycles. The molecule has 0 fully saturated rings. The summed E-state index contributed by atoms with van der Waals surface area (Å²) >= 11 is 0. The van der Waals surface area contributed by atoms with Crippen LogP contribution in [0.3, 0.4) is 0 Å². The average Bonchev–Trinajstić information content (AvgIpc) is 2.83. The van der Waals surface area contributed by atoms with E-state index in [-0.39, 0.29) is 36.9 Å². The van der Waals surface area contributed by atoms with Crippen molar-refractivity contribution in [3.63, 3.8) is 0 Å². The number of amides is 2. The van der Waals surface area contributed by atoms with E-state index in [0.717, 1.165) is 22.5 Å². The van der Waals surface area contributed by atoms with Gasteiger partial charge in [-0.2, -0.15) is 0 Å². The largest absolute Gasteiger partial charge is 0.354 e. The molecule has 35 heavy (non-hydrogen) atoms. The fourth-order valence-electron chi connectivity index (χ4n) is 3.90. The molecule has 0 bridgehead atoms. The lowest BCUT2D eigenvalue weighted by atomic mass is 10.1. The highest BCUT2D eigenvalue weighted by molar-refractivity contribution is 7.92. The number of carbonyl (C=O) groups is 2. The highest BCUT2D eigenvalue weighted by Crippen LogP contribution is 2.22. The van der Waals surface area contributed by atoms with Crippen molar-refractivity contribution in [1.82, 2.24) is 10.2 Å². The SMILES string of the molecule is CCCNC(=O)[C@H](CC)N(CCc1ccccc1)C(=O)CCCN(c1ccccc1F)S(C)(=O)=O. The van der Waals surface area contributed by atoms with E-state index in [0.29, 0.717) is 25.9 Å². The third-order valence-electron chi connectivity index (χ3n) is 5.69. The second-order valence-electron chi connectivity index (χ2n) is 8.43. The van der Waals surface area contributed by atoms with E-state index in [1.54, 1.807) is 11.0 Å². The van der Waals surface area contributed by atoms with Crippen LogP contribution in [0.15, 0.2) is 54.6 Å². The van der Waals surface area contributed by atoms with Crippen LogP contribution in [-0.4, -0.2) is 57.1 Å². The number of benzene rings is 2. The van der Waals surface area contributed by atoms with Gasteiger partial charge in [-0.15, -0.1) is 0 Å². The zero-order valence-corrected chi connectivity index (χ0v) is 21.6. The number of anilines is 1. The molecule has 0 aromatic heterocycles. The zero-order chi connectivity index (χ0) is 25.8. The number of hydrogen-bond donors (Lipinski definition) is 1. The monoisotopic (exact) mass is 505 g/mol. The lowest BCUT2D eigenvalue weighted by Crippen LogP contribution is -2.50. The molecule has 2 aromatic carbocycles. The molecule has 2 rings (SSSR count). The highest BCUT2D eigenvalue weighted by atomic mass is 32.2. The Bertz CT molecular complexity index is 1060. The summed E-state index contributed by atoms with van der Waals surface area (Å²) in [7, 11) is -3.75. The Morgan fingerprint density at radius 3 is 2.26 bits per heavy atom. The molecule has 7 nitrogen and oxygen atoms in total. The number of nitrogens with zero attached hydrogens (tertiary/aromatic N) is 2. The first kappa shape index (κ1) is 28.3. The van der Waals surface area contributed by atoms with Crippen LogP contribution in [0.4, 0.5) is 10.1 Å². The van der Waals surface area contributed by atoms with E-state index < -0.39 is 21.9 Å². The topological polar surface area (TPSA) is 86.8 Å². The van der Waals surface area contributed by atoms with E-state index >= 15 is 0 Å². The fraction of sp³-hybridized carbons (Fsp3) is 0.462. The molecule has 0 saturated heterocycles. The first-order chi connectivity index (χ1) is 16.7. The van der Waals surface area contributed by atoms with Crippen LogP contribution in [0.1, 0.15) is 45.1 Å². The van der Waals surface area contributed by atoms with Gasteiger partial charge in [-0.1, -0.05) is 56.3 Å². The van der Waals surface area contributed by atoms with Gasteiger partial charge in [0.05, 0.1) is 11.9 Å². The molecule has 2 aromatic rings. The molecular formula is C26H36FN3O4S. The van der Waals surface area contributed by atoms with Crippen molar-refractivity contribution >= 4 is 27.5 Å². The number of carbonyl (C=O) groups excluding carboxylic acids is 2. The first-order valence-electron chi connectivity index (χ1n) is 12.0. The number of para-hydroxylation sites is 1. The molecular weight excluding hydrogens is 469 g/mol. The summed E-state index contributed by atoms with van der Waals surface area (Å²) < 4.78 is 39.9. The Hall–Kier alpha value is -2.94. The van der Waals surface area contributed by atoms with E-state index in [4.69, 9.17) is 0 Å². The maximum absolute atomic E-state index is 14.3. The number of halogens is 1. The summed E-state index contributed by atoms with van der Waals surface area (Å²) in [5, 5.41) is 2.88. The van der Waals surface area contributed by atoms with Crippen molar-refractivity contribution in [1.29, 1.82) is 0 Å². The van der Waals surface area contributed by atoms with Crippen molar-refractivity contribution in [2.75, 3.05) is 30.2 Å². The van der Waals surface area contributed by atoms with Gasteiger partial charge in [0, 0.05) is 26.1 Å². The van der Waals surface area contributed by atoms with Gasteiger partial charge in [0.15, 0.2) is 0 Å². The number of hydrogen-bond acceptors (Lipinski definition) is 4. The molecule has 192 valence electrons. The number of sulfonamides is 1. The molecule has 1 atom stereocenters. The van der Waals surface area contributed by atoms with Crippen molar-refractivity contribution < 1.29 is 22.4 Å². The average molecular weight is 506 g/mol. The molecule has 0 spiro atoms. The Balaban J connectivity index is 2.15. The molecule has 0 radical (unpaired) electrons. The van der Waals surface area contributed by atoms with Crippen LogP contribution >= 0.6 is 0 Å². The van der Waals surface area contributed by atoms with E-state index in [1.165, 1.54) is 18.2 Å². The van der Waals surface area contributed by atoms with Crippen molar-refractivity contribution in [3.05, 3.63) is 66.0 Å². The van der Waals surface area contributed by atoms with Crippen LogP contribution in [0.2, 0.25) is 0 Å². The Kier molecular flexibility index (Phi) is 11.2. The predicted molar refractivity (Wildman–Crippen MR) is 137 cm³/mol. The molecule has 0 heterocycles. The molecule has 0 aliphatic rings. The fourth-order valence-corrected chi connectivity index (χ4v) is 4.86. The quantitative estimate of drug-likeness (QED) is 0.424. The van der Waals surface area contributed by atoms with Crippen molar-refractivity contribution in [2.24, 2.45) is 0 Å². The summed E-state index contributed by atoms with van der Waals surface area (Å²) in [6, 6.07) is 14.7. The van der Waals surface area contributed by atoms with Crippen molar-refractivity contribution in [3.8, 4) is 0 Å². The molecule has 9 heteroatoms. The summed E-state index contributed by atoms with van der Waals surface area (Å²) in [5.74, 6) is -1.08. The van der Waals surface area contributed by atoms with E-state index in [9.17, 15) is 22.4 Å². The lowest BCUT2D eigenvalue weighted by molar-refractivity contribution is -0.140. The summed E-state index contributed by atoms with van der Waals surface area (Å²) in [4.78, 5) is 27.7. The lowest BCUT2D eigenvalue weighted by Gasteiger charge is -2.31. The van der Waals surface area contributed by atoms with Gasteiger partial charge < -0.3 is 10.2 Å². The van der Waals surface area contributed by atoms with Gasteiger partial charge in [0.2, 0.25) is 21.8 Å². The third kappa shape index (κ3) is 8.65. The van der Waals surface area contributed by atoms with Crippen LogP contribution in [0, 0.1) is 5.82 Å². The first-order valence-corrected chi connectivity index (χ1v) is 13.9. The number of rotatable bonds is 14. The van der Waals surface area contributed by atoms with Gasteiger partial charge in [-0.05, 0) is 43.4 Å². The summed E-state index contributed by atoms with van der Waals surface area (Å²) in [6.45, 7) is 4.67. The Morgan fingerprint density at radius 2 is 1.66 bits per heavy atom. The molecule has 0 saturated carbocycles. The van der Waals surface area contributed by atoms with Gasteiger partial charge >= 0.3 is 0 Å². The zero-order valence-electron chi connectivity index (χ0n) is 20.7. The Morgan fingerprint density at radius 1 is 1.00 bits per heavy atom. The van der Waals surface area contributed by atoms with Crippen molar-refractivity contribution in [2.45, 2.75) is 52.0 Å². The predicted octanol–water partition coefficient (Wildman–Crippen LogP) is 3.75. The highest BCUT2D eigenvalue weighted by Gasteiger charge is 2.28. The van der Waals surface area contributed by atoms with Crippen LogP contribution in [0.5, 0.6) is 0 Å². The Labute approximate surface area is 208 Å². The van der Waals surface area contributed by atoms with Crippen LogP contribution in [0.25, 0.3) is 0 Å². The molecule has 2 amide bonds.